The average Bonchev–Trinajstić information content (AvgIpc) is 2.78. The van der Waals surface area contributed by atoms with Gasteiger partial charge in [-0.05, 0) is 48.1 Å². The zero-order chi connectivity index (χ0) is 23.5. The van der Waals surface area contributed by atoms with Crippen LogP contribution >= 0.6 is 11.8 Å². The number of carbonyl (C=O) groups excluding carboxylic acids is 2. The smallest absolute Gasteiger partial charge is 0.326 e. The van der Waals surface area contributed by atoms with E-state index < -0.39 is 35.9 Å². The van der Waals surface area contributed by atoms with Gasteiger partial charge in [-0.2, -0.15) is 11.8 Å². The van der Waals surface area contributed by atoms with E-state index in [0.717, 1.165) is 11.1 Å². The third-order valence-corrected chi connectivity index (χ3v) is 5.51. The van der Waals surface area contributed by atoms with Gasteiger partial charge >= 0.3 is 5.97 Å². The zero-order valence-corrected chi connectivity index (χ0v) is 18.7. The molecule has 0 heterocycles. The first-order valence-electron chi connectivity index (χ1n) is 10.2. The molecule has 0 aromatic heterocycles. The number of benzene rings is 2. The molecule has 0 aliphatic heterocycles. The summed E-state index contributed by atoms with van der Waals surface area (Å²) in [4.78, 5) is 37.1. The van der Waals surface area contributed by atoms with Crippen molar-refractivity contribution in [1.82, 2.24) is 10.6 Å². The number of carbonyl (C=O) groups is 3. The van der Waals surface area contributed by atoms with Crippen molar-refractivity contribution in [2.45, 2.75) is 37.4 Å². The van der Waals surface area contributed by atoms with Crippen molar-refractivity contribution in [3.8, 4) is 5.75 Å². The summed E-state index contributed by atoms with van der Waals surface area (Å²) in [5, 5.41) is 24.1. The van der Waals surface area contributed by atoms with E-state index in [0.29, 0.717) is 12.2 Å². The fraction of sp³-hybridized carbons (Fsp3) is 0.348. The van der Waals surface area contributed by atoms with Crippen LogP contribution < -0.4 is 16.4 Å². The predicted octanol–water partition coefficient (Wildman–Crippen LogP) is 1.31. The first-order valence-corrected chi connectivity index (χ1v) is 11.6. The van der Waals surface area contributed by atoms with Gasteiger partial charge in [-0.3, -0.25) is 9.59 Å². The second-order valence-electron chi connectivity index (χ2n) is 7.41. The highest BCUT2D eigenvalue weighted by molar-refractivity contribution is 7.98. The van der Waals surface area contributed by atoms with Crippen LogP contribution in [-0.2, 0) is 27.2 Å². The van der Waals surface area contributed by atoms with Crippen molar-refractivity contribution in [2.24, 2.45) is 5.73 Å². The Labute approximate surface area is 191 Å². The number of hydrogen-bond donors (Lipinski definition) is 5. The molecule has 2 aromatic carbocycles. The lowest BCUT2D eigenvalue weighted by atomic mass is 10.0. The summed E-state index contributed by atoms with van der Waals surface area (Å²) in [5.74, 6) is -1.51. The third-order valence-electron chi connectivity index (χ3n) is 4.87. The van der Waals surface area contributed by atoms with Crippen molar-refractivity contribution < 1.29 is 24.6 Å². The van der Waals surface area contributed by atoms with E-state index in [1.807, 2.05) is 12.3 Å². The number of aromatic hydroxyl groups is 1. The molecule has 0 saturated heterocycles. The van der Waals surface area contributed by atoms with Gasteiger partial charge in [-0.15, -0.1) is 0 Å². The number of nitrogens with two attached hydrogens (primary N) is 1. The Hall–Kier alpha value is -3.04. The van der Waals surface area contributed by atoms with Gasteiger partial charge in [0.2, 0.25) is 11.8 Å². The van der Waals surface area contributed by atoms with E-state index in [4.69, 9.17) is 5.73 Å². The predicted molar refractivity (Wildman–Crippen MR) is 124 cm³/mol. The molecule has 0 radical (unpaired) electrons. The second-order valence-corrected chi connectivity index (χ2v) is 8.39. The third kappa shape index (κ3) is 8.24. The van der Waals surface area contributed by atoms with Crippen LogP contribution in [0.1, 0.15) is 17.5 Å². The largest absolute Gasteiger partial charge is 0.508 e. The summed E-state index contributed by atoms with van der Waals surface area (Å²) in [6, 6.07) is 12.4. The highest BCUT2D eigenvalue weighted by Gasteiger charge is 2.28. The quantitative estimate of drug-likeness (QED) is 0.322. The summed E-state index contributed by atoms with van der Waals surface area (Å²) >= 11 is 1.51. The summed E-state index contributed by atoms with van der Waals surface area (Å²) in [6.45, 7) is 0. The molecule has 0 unspecified atom stereocenters. The molecule has 0 bridgehead atoms. The Morgan fingerprint density at radius 2 is 1.50 bits per heavy atom. The molecule has 0 aliphatic carbocycles. The van der Waals surface area contributed by atoms with Crippen LogP contribution in [0.2, 0.25) is 0 Å². The van der Waals surface area contributed by atoms with E-state index in [2.05, 4.69) is 10.6 Å². The van der Waals surface area contributed by atoms with Gasteiger partial charge in [0.1, 0.15) is 17.8 Å². The minimum Gasteiger partial charge on any atom is -0.508 e. The van der Waals surface area contributed by atoms with Crippen LogP contribution in [0.3, 0.4) is 0 Å². The van der Waals surface area contributed by atoms with Gasteiger partial charge in [0, 0.05) is 6.42 Å². The van der Waals surface area contributed by atoms with Gasteiger partial charge in [-0.1, -0.05) is 42.5 Å². The van der Waals surface area contributed by atoms with E-state index in [-0.39, 0.29) is 18.6 Å². The molecule has 0 saturated carbocycles. The molecular formula is C23H29N3O5S. The van der Waals surface area contributed by atoms with Crippen LogP contribution in [0.5, 0.6) is 5.75 Å². The maximum Gasteiger partial charge on any atom is 0.326 e. The molecule has 0 aliphatic rings. The summed E-state index contributed by atoms with van der Waals surface area (Å²) in [5.41, 5.74) is 7.56. The van der Waals surface area contributed by atoms with Crippen molar-refractivity contribution in [2.75, 3.05) is 12.0 Å². The fourth-order valence-corrected chi connectivity index (χ4v) is 3.56. The van der Waals surface area contributed by atoms with E-state index in [9.17, 15) is 24.6 Å². The first kappa shape index (κ1) is 25.2. The molecule has 0 spiro atoms. The lowest BCUT2D eigenvalue weighted by Gasteiger charge is -2.23. The average molecular weight is 460 g/mol. The number of aliphatic carboxylic acids is 1. The SMILES string of the molecule is CSCC[C@H](NC(=O)[C@@H](N)Cc1ccc(O)cc1)C(=O)N[C@@H](Cc1ccccc1)C(=O)O. The highest BCUT2D eigenvalue weighted by Crippen LogP contribution is 2.11. The Morgan fingerprint density at radius 1 is 0.906 bits per heavy atom. The molecule has 9 heteroatoms. The number of thioether (sulfide) groups is 1. The number of hydrogen-bond acceptors (Lipinski definition) is 6. The van der Waals surface area contributed by atoms with Crippen molar-refractivity contribution in [3.63, 3.8) is 0 Å². The lowest BCUT2D eigenvalue weighted by molar-refractivity contribution is -0.142. The maximum atomic E-state index is 12.8. The first-order chi connectivity index (χ1) is 15.3. The van der Waals surface area contributed by atoms with Gasteiger partial charge in [0.15, 0.2) is 0 Å². The molecule has 32 heavy (non-hydrogen) atoms. The molecule has 2 aromatic rings. The fourth-order valence-electron chi connectivity index (χ4n) is 3.08. The molecule has 172 valence electrons. The number of nitrogens with one attached hydrogen (secondary N) is 2. The Kier molecular flexibility index (Phi) is 10.0. The van der Waals surface area contributed by atoms with Gasteiger partial charge in [0.25, 0.3) is 0 Å². The molecule has 8 nitrogen and oxygen atoms in total. The molecule has 2 amide bonds. The summed E-state index contributed by atoms with van der Waals surface area (Å²) in [6.07, 6.45) is 2.57. The number of rotatable bonds is 12. The lowest BCUT2D eigenvalue weighted by Crippen LogP contribution is -2.55. The summed E-state index contributed by atoms with van der Waals surface area (Å²) < 4.78 is 0. The number of phenols is 1. The molecule has 2 rings (SSSR count). The topological polar surface area (TPSA) is 142 Å². The van der Waals surface area contributed by atoms with Gasteiger partial charge < -0.3 is 26.6 Å². The minimum atomic E-state index is -1.15. The summed E-state index contributed by atoms with van der Waals surface area (Å²) in [7, 11) is 0. The maximum absolute atomic E-state index is 12.8. The number of carboxylic acids is 1. The van der Waals surface area contributed by atoms with E-state index in [1.54, 1.807) is 36.4 Å². The minimum absolute atomic E-state index is 0.115. The standard InChI is InChI=1S/C23H29N3O5S/c1-32-12-11-19(25-21(28)18(24)13-16-7-9-17(27)10-8-16)22(29)26-20(23(30)31)14-15-5-3-2-4-6-15/h2-10,18-20,27H,11-14,24H2,1H3,(H,25,28)(H,26,29)(H,30,31)/t18-,19-,20-/m0/s1. The zero-order valence-electron chi connectivity index (χ0n) is 17.9. The monoisotopic (exact) mass is 459 g/mol. The molecular weight excluding hydrogens is 430 g/mol. The van der Waals surface area contributed by atoms with Crippen LogP contribution in [0.4, 0.5) is 0 Å². The van der Waals surface area contributed by atoms with Crippen molar-refractivity contribution >= 4 is 29.5 Å². The second kappa shape index (κ2) is 12.7. The van der Waals surface area contributed by atoms with Crippen LogP contribution in [0, 0.1) is 0 Å². The van der Waals surface area contributed by atoms with Crippen molar-refractivity contribution in [3.05, 3.63) is 65.7 Å². The highest BCUT2D eigenvalue weighted by atomic mass is 32.2. The van der Waals surface area contributed by atoms with E-state index in [1.165, 1.54) is 23.9 Å². The normalized spacial score (nSPS) is 13.6. The van der Waals surface area contributed by atoms with E-state index >= 15 is 0 Å². The number of amides is 2. The molecule has 3 atom stereocenters. The van der Waals surface area contributed by atoms with Crippen LogP contribution in [0.15, 0.2) is 54.6 Å². The van der Waals surface area contributed by atoms with Crippen LogP contribution in [-0.4, -0.2) is 58.1 Å². The van der Waals surface area contributed by atoms with Gasteiger partial charge in [0.05, 0.1) is 6.04 Å². The van der Waals surface area contributed by atoms with Crippen LogP contribution in [0.25, 0.3) is 0 Å². The number of phenolic OH excluding ortho intramolecular Hbond substituents is 1. The van der Waals surface area contributed by atoms with Crippen molar-refractivity contribution in [1.29, 1.82) is 0 Å². The number of carboxylic acid groups (broad SMARTS) is 1. The van der Waals surface area contributed by atoms with Gasteiger partial charge in [-0.25, -0.2) is 4.79 Å². The molecule has 6 N–H and O–H groups in total. The Morgan fingerprint density at radius 3 is 2.09 bits per heavy atom. The molecule has 0 fully saturated rings. The Balaban J connectivity index is 2.02. The Bertz CT molecular complexity index is 892.